The summed E-state index contributed by atoms with van der Waals surface area (Å²) in [7, 11) is 0. The van der Waals surface area contributed by atoms with Crippen molar-refractivity contribution in [1.82, 2.24) is 5.32 Å². The van der Waals surface area contributed by atoms with Crippen LogP contribution in [0.4, 0.5) is 0 Å². The lowest BCUT2D eigenvalue weighted by Crippen LogP contribution is -2.75. The van der Waals surface area contributed by atoms with Crippen molar-refractivity contribution in [3.63, 3.8) is 0 Å². The lowest BCUT2D eigenvalue weighted by molar-refractivity contribution is -0.170. The minimum atomic E-state index is -0.981. The average Bonchev–Trinajstić information content (AvgIpc) is 2.27. The minimum Gasteiger partial charge on any atom is -0.481 e. The van der Waals surface area contributed by atoms with Crippen molar-refractivity contribution < 1.29 is 19.4 Å². The third-order valence-electron chi connectivity index (χ3n) is 3.86. The standard InChI is InChI=1S/C12H22N2O4/c1-4-18-8-7-12(13,11(8,2)3)10(17)14-6-5-9(15)16/h8H,4-7,13H2,1-3H3,(H,14,17)(H,15,16). The Morgan fingerprint density at radius 1 is 1.50 bits per heavy atom. The van der Waals surface area contributed by atoms with E-state index in [1.807, 2.05) is 20.8 Å². The second-order valence-electron chi connectivity index (χ2n) is 5.24. The van der Waals surface area contributed by atoms with Crippen LogP contribution in [0.5, 0.6) is 0 Å². The Bertz CT molecular complexity index is 343. The van der Waals surface area contributed by atoms with Crippen LogP contribution in [0.25, 0.3) is 0 Å². The molecule has 2 atom stereocenters. The van der Waals surface area contributed by atoms with Gasteiger partial charge < -0.3 is 20.9 Å². The van der Waals surface area contributed by atoms with Crippen LogP contribution in [-0.2, 0) is 14.3 Å². The Morgan fingerprint density at radius 2 is 2.11 bits per heavy atom. The van der Waals surface area contributed by atoms with Gasteiger partial charge in [-0.15, -0.1) is 0 Å². The summed E-state index contributed by atoms with van der Waals surface area (Å²) < 4.78 is 5.53. The maximum Gasteiger partial charge on any atom is 0.305 e. The molecule has 0 radical (unpaired) electrons. The monoisotopic (exact) mass is 258 g/mol. The highest BCUT2D eigenvalue weighted by Gasteiger charge is 2.62. The molecule has 1 saturated carbocycles. The highest BCUT2D eigenvalue weighted by molar-refractivity contribution is 5.89. The van der Waals surface area contributed by atoms with E-state index in [9.17, 15) is 9.59 Å². The van der Waals surface area contributed by atoms with Crippen molar-refractivity contribution in [2.75, 3.05) is 13.2 Å². The zero-order chi connectivity index (χ0) is 14.0. The van der Waals surface area contributed by atoms with Crippen LogP contribution < -0.4 is 11.1 Å². The van der Waals surface area contributed by atoms with E-state index in [4.69, 9.17) is 15.6 Å². The van der Waals surface area contributed by atoms with Gasteiger partial charge in [-0.1, -0.05) is 13.8 Å². The van der Waals surface area contributed by atoms with Crippen molar-refractivity contribution in [3.05, 3.63) is 0 Å². The molecular formula is C12H22N2O4. The number of nitrogens with one attached hydrogen (secondary N) is 1. The number of nitrogens with two attached hydrogens (primary N) is 1. The van der Waals surface area contributed by atoms with Crippen molar-refractivity contribution in [3.8, 4) is 0 Å². The summed E-state index contributed by atoms with van der Waals surface area (Å²) in [5.74, 6) is -1.24. The summed E-state index contributed by atoms with van der Waals surface area (Å²) in [6.45, 7) is 6.38. The van der Waals surface area contributed by atoms with Gasteiger partial charge >= 0.3 is 5.97 Å². The first-order chi connectivity index (χ1) is 8.25. The van der Waals surface area contributed by atoms with Crippen LogP contribution in [0.15, 0.2) is 0 Å². The molecule has 0 spiro atoms. The lowest BCUT2D eigenvalue weighted by atomic mass is 9.54. The number of ether oxygens (including phenoxy) is 1. The van der Waals surface area contributed by atoms with Gasteiger partial charge in [-0.25, -0.2) is 0 Å². The van der Waals surface area contributed by atoms with E-state index in [0.29, 0.717) is 13.0 Å². The topological polar surface area (TPSA) is 102 Å². The molecule has 0 aromatic carbocycles. The predicted octanol–water partition coefficient (Wildman–Crippen LogP) is 0.110. The van der Waals surface area contributed by atoms with Crippen LogP contribution >= 0.6 is 0 Å². The Balaban J connectivity index is 2.55. The second-order valence-corrected chi connectivity index (χ2v) is 5.24. The first-order valence-corrected chi connectivity index (χ1v) is 6.16. The Labute approximate surface area is 107 Å². The molecule has 0 heterocycles. The normalized spacial score (nSPS) is 29.4. The maximum atomic E-state index is 12.0. The van der Waals surface area contributed by atoms with Gasteiger partial charge in [-0.3, -0.25) is 9.59 Å². The molecule has 1 fully saturated rings. The van der Waals surface area contributed by atoms with Crippen LogP contribution in [0.3, 0.4) is 0 Å². The third kappa shape index (κ3) is 2.49. The zero-order valence-electron chi connectivity index (χ0n) is 11.2. The number of carboxylic acid groups (broad SMARTS) is 1. The van der Waals surface area contributed by atoms with Gasteiger partial charge in [0.05, 0.1) is 12.5 Å². The second kappa shape index (κ2) is 5.24. The molecule has 6 heteroatoms. The number of hydrogen-bond donors (Lipinski definition) is 3. The summed E-state index contributed by atoms with van der Waals surface area (Å²) in [4.78, 5) is 22.4. The predicted molar refractivity (Wildman–Crippen MR) is 66.0 cm³/mol. The quantitative estimate of drug-likeness (QED) is 0.627. The smallest absolute Gasteiger partial charge is 0.305 e. The average molecular weight is 258 g/mol. The van der Waals surface area contributed by atoms with Gasteiger partial charge in [-0.2, -0.15) is 0 Å². The lowest BCUT2D eigenvalue weighted by Gasteiger charge is -2.57. The summed E-state index contributed by atoms with van der Waals surface area (Å²) in [6, 6.07) is 0. The molecule has 18 heavy (non-hydrogen) atoms. The zero-order valence-corrected chi connectivity index (χ0v) is 11.2. The van der Waals surface area contributed by atoms with Gasteiger partial charge in [0.2, 0.25) is 5.91 Å². The number of aliphatic carboxylic acids is 1. The largest absolute Gasteiger partial charge is 0.481 e. The fourth-order valence-corrected chi connectivity index (χ4v) is 2.26. The van der Waals surface area contributed by atoms with Gasteiger partial charge in [0.15, 0.2) is 0 Å². The summed E-state index contributed by atoms with van der Waals surface area (Å²) in [6.07, 6.45) is 0.335. The van der Waals surface area contributed by atoms with E-state index in [-0.39, 0.29) is 25.0 Å². The molecule has 0 aromatic rings. The fourth-order valence-electron chi connectivity index (χ4n) is 2.26. The first kappa shape index (κ1) is 14.9. The maximum absolute atomic E-state index is 12.0. The van der Waals surface area contributed by atoms with E-state index in [2.05, 4.69) is 5.32 Å². The van der Waals surface area contributed by atoms with Crippen LogP contribution in [0, 0.1) is 5.41 Å². The van der Waals surface area contributed by atoms with E-state index in [1.54, 1.807) is 0 Å². The van der Waals surface area contributed by atoms with Gasteiger partial charge in [0.1, 0.15) is 5.54 Å². The van der Waals surface area contributed by atoms with E-state index >= 15 is 0 Å². The van der Waals surface area contributed by atoms with E-state index in [0.717, 1.165) is 0 Å². The molecule has 1 aliphatic rings. The molecule has 1 rings (SSSR count). The molecule has 0 saturated heterocycles. The fraction of sp³-hybridized carbons (Fsp3) is 0.833. The van der Waals surface area contributed by atoms with Crippen LogP contribution in [0.1, 0.15) is 33.6 Å². The molecule has 1 amide bonds. The summed E-state index contributed by atoms with van der Waals surface area (Å²) in [5.41, 5.74) is 4.69. The molecular weight excluding hydrogens is 236 g/mol. The molecule has 0 bridgehead atoms. The Morgan fingerprint density at radius 3 is 2.56 bits per heavy atom. The van der Waals surface area contributed by atoms with Crippen molar-refractivity contribution in [2.45, 2.75) is 45.3 Å². The minimum absolute atomic E-state index is 0.0299. The summed E-state index contributed by atoms with van der Waals surface area (Å²) >= 11 is 0. The molecule has 104 valence electrons. The van der Waals surface area contributed by atoms with Crippen molar-refractivity contribution in [2.24, 2.45) is 11.1 Å². The molecule has 0 aromatic heterocycles. The highest BCUT2D eigenvalue weighted by Crippen LogP contribution is 2.49. The van der Waals surface area contributed by atoms with Gasteiger partial charge in [0, 0.05) is 25.0 Å². The Hall–Kier alpha value is -1.14. The number of carboxylic acids is 1. The SMILES string of the molecule is CCOC1CC(N)(C(=O)NCCC(=O)O)C1(C)C. The van der Waals surface area contributed by atoms with Gasteiger partial charge in [-0.05, 0) is 6.92 Å². The Kier molecular flexibility index (Phi) is 4.34. The highest BCUT2D eigenvalue weighted by atomic mass is 16.5. The first-order valence-electron chi connectivity index (χ1n) is 6.16. The molecule has 2 unspecified atom stereocenters. The number of hydrogen-bond acceptors (Lipinski definition) is 4. The van der Waals surface area contributed by atoms with E-state index in [1.165, 1.54) is 0 Å². The molecule has 4 N–H and O–H groups in total. The van der Waals surface area contributed by atoms with Crippen LogP contribution in [0.2, 0.25) is 0 Å². The van der Waals surface area contributed by atoms with Crippen molar-refractivity contribution in [1.29, 1.82) is 0 Å². The van der Waals surface area contributed by atoms with Gasteiger partial charge in [0.25, 0.3) is 0 Å². The third-order valence-corrected chi connectivity index (χ3v) is 3.86. The molecule has 6 nitrogen and oxygen atoms in total. The number of carbonyl (C=O) groups is 2. The number of amides is 1. The summed E-state index contributed by atoms with van der Waals surface area (Å²) in [5, 5.41) is 11.1. The molecule has 1 aliphatic carbocycles. The number of rotatable bonds is 6. The van der Waals surface area contributed by atoms with Crippen LogP contribution in [-0.4, -0.2) is 41.8 Å². The molecule has 0 aliphatic heterocycles. The van der Waals surface area contributed by atoms with Crippen molar-refractivity contribution >= 4 is 11.9 Å². The number of carbonyl (C=O) groups excluding carboxylic acids is 1. The van der Waals surface area contributed by atoms with E-state index < -0.39 is 16.9 Å².